The molecule has 0 spiro atoms. The van der Waals surface area contributed by atoms with Crippen molar-refractivity contribution in [2.45, 2.75) is 175 Å². The third kappa shape index (κ3) is 15.6. The number of anilines is 2. The van der Waals surface area contributed by atoms with Crippen molar-refractivity contribution in [2.75, 3.05) is 62.8 Å². The molecular weight excluding hydrogens is 1250 g/mol. The van der Waals surface area contributed by atoms with E-state index in [4.69, 9.17) is 47.1 Å². The third-order valence-electron chi connectivity index (χ3n) is 17.6. The molecule has 94 heavy (non-hydrogen) atoms. The molecule has 2 bridgehead atoms. The molecule has 0 saturated carbocycles. The first-order chi connectivity index (χ1) is 44.5. The van der Waals surface area contributed by atoms with Gasteiger partial charge in [-0.15, -0.1) is 11.3 Å². The highest BCUT2D eigenvalue weighted by Gasteiger charge is 2.47. The fraction of sp³-hybridized carbons (Fsp3) is 0.514. The number of aryl methyl sites for hydroxylation is 1. The summed E-state index contributed by atoms with van der Waals surface area (Å²) in [7, 11) is 0. The van der Waals surface area contributed by atoms with Crippen molar-refractivity contribution in [1.29, 1.82) is 0 Å². The SMILES string of the molecule is [C-]#[N+]c1c(NC(=O)OC(C)(C)C)sc2c(F)ccc(-c3c(Cl)cc4c(N5CC6CCC(C5)N6C(=O)OC(C)(C)C)nc(OCC5CCCN5CCCOCCC(=O)N[C@H](C(=O)N5C[C@H](O)C[C@H]5C(=O)N[C@@H](C)c5ccc(-c6ccccc6C)cc5)C(C)(C)C)nc4c3F)c12. The minimum atomic E-state index is -0.996. The number of piperazine rings is 1. The second-order valence-corrected chi connectivity index (χ2v) is 29.5. The largest absolute Gasteiger partial charge is 0.462 e. The Labute approximate surface area is 556 Å². The van der Waals surface area contributed by atoms with Crippen LogP contribution in [-0.2, 0) is 28.6 Å². The number of β-amino-alcohol motifs (C(OH)–C–C–N with tert-alkyl or cyclic N) is 1. The summed E-state index contributed by atoms with van der Waals surface area (Å²) in [4.78, 5) is 89.1. The van der Waals surface area contributed by atoms with E-state index in [1.165, 1.54) is 11.0 Å². The molecule has 4 aliphatic heterocycles. The number of nitrogens with zero attached hydrogens (tertiary/aromatic N) is 7. The summed E-state index contributed by atoms with van der Waals surface area (Å²) in [5, 5.41) is 19.6. The van der Waals surface area contributed by atoms with E-state index in [2.05, 4.69) is 44.8 Å². The van der Waals surface area contributed by atoms with Gasteiger partial charge < -0.3 is 44.5 Å². The topological polar surface area (TPSA) is 222 Å². The number of hydrogen-bond donors (Lipinski definition) is 4. The molecule has 7 atom stereocenters. The number of hydrogen-bond acceptors (Lipinski definition) is 15. The van der Waals surface area contributed by atoms with Gasteiger partial charge in [-0.25, -0.2) is 23.2 Å². The molecule has 4 aromatic carbocycles. The number of halogens is 3. The fourth-order valence-corrected chi connectivity index (χ4v) is 14.5. The van der Waals surface area contributed by atoms with Gasteiger partial charge in [-0.2, -0.15) is 9.97 Å². The van der Waals surface area contributed by atoms with Gasteiger partial charge in [-0.1, -0.05) is 87.0 Å². The number of thiophene rings is 1. The van der Waals surface area contributed by atoms with Crippen LogP contribution in [0.2, 0.25) is 5.02 Å². The van der Waals surface area contributed by atoms with Gasteiger partial charge in [0.25, 0.3) is 0 Å². The molecule has 10 rings (SSSR count). The Hall–Kier alpha value is -7.75. The van der Waals surface area contributed by atoms with Crippen LogP contribution in [0.3, 0.4) is 0 Å². The minimum Gasteiger partial charge on any atom is -0.462 e. The van der Waals surface area contributed by atoms with E-state index < -0.39 is 70.4 Å². The highest BCUT2D eigenvalue weighted by Crippen LogP contribution is 2.51. The Morgan fingerprint density at radius 3 is 2.24 bits per heavy atom. The lowest BCUT2D eigenvalue weighted by Crippen LogP contribution is -2.58. The third-order valence-corrected chi connectivity index (χ3v) is 19.0. The molecule has 3 unspecified atom stereocenters. The van der Waals surface area contributed by atoms with Gasteiger partial charge >= 0.3 is 18.2 Å². The van der Waals surface area contributed by atoms with Gasteiger partial charge in [0.05, 0.1) is 47.1 Å². The second-order valence-electron chi connectivity index (χ2n) is 28.1. The maximum absolute atomic E-state index is 17.9. The number of benzene rings is 4. The molecule has 4 fully saturated rings. The molecule has 502 valence electrons. The molecule has 6 heterocycles. The van der Waals surface area contributed by atoms with Gasteiger partial charge in [-0.05, 0) is 139 Å². The molecule has 2 aromatic heterocycles. The van der Waals surface area contributed by atoms with Crippen LogP contribution >= 0.6 is 22.9 Å². The summed E-state index contributed by atoms with van der Waals surface area (Å²) < 4.78 is 57.3. The van der Waals surface area contributed by atoms with E-state index in [1.54, 1.807) is 31.7 Å². The number of carbonyl (C=O) groups excluding carboxylic acids is 5. The Morgan fingerprint density at radius 2 is 1.57 bits per heavy atom. The van der Waals surface area contributed by atoms with Crippen LogP contribution in [0.1, 0.15) is 131 Å². The van der Waals surface area contributed by atoms with Crippen molar-refractivity contribution in [3.05, 3.63) is 106 Å². The lowest BCUT2D eigenvalue weighted by atomic mass is 9.85. The Bertz CT molecular complexity index is 3870. The summed E-state index contributed by atoms with van der Waals surface area (Å²) in [6, 6.07) is 17.2. The van der Waals surface area contributed by atoms with Crippen molar-refractivity contribution in [3.8, 4) is 28.3 Å². The quantitative estimate of drug-likeness (QED) is 0.0438. The lowest BCUT2D eigenvalue weighted by Gasteiger charge is -2.42. The maximum Gasteiger partial charge on any atom is 0.411 e. The molecule has 5 amide bonds. The van der Waals surface area contributed by atoms with Crippen LogP contribution in [0.25, 0.3) is 48.1 Å². The summed E-state index contributed by atoms with van der Waals surface area (Å²) in [5.74, 6) is -2.46. The van der Waals surface area contributed by atoms with Crippen molar-refractivity contribution in [1.82, 2.24) is 35.3 Å². The highest BCUT2D eigenvalue weighted by atomic mass is 35.5. The molecule has 0 aliphatic carbocycles. The molecule has 4 saturated heterocycles. The first-order valence-corrected chi connectivity index (χ1v) is 33.4. The van der Waals surface area contributed by atoms with E-state index in [1.807, 2.05) is 89.8 Å². The summed E-state index contributed by atoms with van der Waals surface area (Å²) in [6.45, 7) is 30.8. The highest BCUT2D eigenvalue weighted by molar-refractivity contribution is 7.24. The van der Waals surface area contributed by atoms with E-state index in [0.717, 1.165) is 59.0 Å². The zero-order chi connectivity index (χ0) is 67.7. The van der Waals surface area contributed by atoms with E-state index in [-0.39, 0.29) is 117 Å². The van der Waals surface area contributed by atoms with Crippen LogP contribution in [0, 0.1) is 30.5 Å². The van der Waals surface area contributed by atoms with Gasteiger partial charge in [0.2, 0.25) is 23.4 Å². The smallest absolute Gasteiger partial charge is 0.411 e. The van der Waals surface area contributed by atoms with Crippen LogP contribution in [0.5, 0.6) is 6.01 Å². The van der Waals surface area contributed by atoms with Crippen molar-refractivity contribution in [3.63, 3.8) is 0 Å². The van der Waals surface area contributed by atoms with E-state index >= 15 is 8.78 Å². The number of fused-ring (bicyclic) bond motifs is 4. The van der Waals surface area contributed by atoms with Crippen molar-refractivity contribution >= 4 is 90.3 Å². The number of carbonyl (C=O) groups is 5. The summed E-state index contributed by atoms with van der Waals surface area (Å²) in [6.07, 6.45) is 1.58. The number of aliphatic hydroxyl groups is 1. The number of nitrogens with one attached hydrogen (secondary N) is 3. The number of rotatable bonds is 19. The standard InChI is InChI=1S/C70H85ClF2N10O10S/c1-39-17-13-14-19-47(39)42-22-20-41(21-23-42)40(2)75-62(86)52-33-46(84)37-82(52)64(87)60(68(3,4)5)76-53(85)28-32-90-31-16-30-80-29-15-18-45(80)38-91-65-77-57-49(61(78-65)81-35-43-24-25-44(36-81)83(43)67(89)93-70(9,10)11)34-50(71)54(56(57)73)48-26-27-51(72)59-55(48)58(74-12)63(94-59)79-66(88)92-69(6,7)8/h13-14,17,19-23,26-27,34,40,43-46,52,60,84H,15-16,18,24-25,28-33,35-38H2,1-11H3,(H,75,86)(H,76,85)(H,79,88)/t40-,43?,44?,45?,46+,52-,60+/m0/s1. The second kappa shape index (κ2) is 28.3. The number of aromatic nitrogens is 2. The molecule has 0 radical (unpaired) electrons. The van der Waals surface area contributed by atoms with Crippen molar-refractivity contribution in [2.24, 2.45) is 5.41 Å². The van der Waals surface area contributed by atoms with Gasteiger partial charge in [-0.3, -0.25) is 29.5 Å². The minimum absolute atomic E-state index is 0.00627. The van der Waals surface area contributed by atoms with E-state index in [0.29, 0.717) is 51.3 Å². The van der Waals surface area contributed by atoms with Crippen molar-refractivity contribution < 1.29 is 56.8 Å². The average molecular weight is 1330 g/mol. The molecule has 4 aliphatic rings. The van der Waals surface area contributed by atoms with Gasteiger partial charge in [0.1, 0.15) is 52.0 Å². The maximum atomic E-state index is 17.9. The van der Waals surface area contributed by atoms with Gasteiger partial charge in [0.15, 0.2) is 5.82 Å². The first kappa shape index (κ1) is 69.1. The number of ether oxygens (including phenoxy) is 4. The zero-order valence-corrected chi connectivity index (χ0v) is 56.9. The first-order valence-electron chi connectivity index (χ1n) is 32.2. The molecule has 4 N–H and O–H groups in total. The Kier molecular flexibility index (Phi) is 20.8. The van der Waals surface area contributed by atoms with Gasteiger partial charge in [0, 0.05) is 68.0 Å². The average Bonchev–Trinajstić information content (AvgIpc) is 1.17. The van der Waals surface area contributed by atoms with Crippen LogP contribution in [0.15, 0.2) is 66.7 Å². The van der Waals surface area contributed by atoms with E-state index in [9.17, 15) is 29.1 Å². The zero-order valence-electron chi connectivity index (χ0n) is 55.3. The molecule has 24 heteroatoms. The molecule has 20 nitrogen and oxygen atoms in total. The van der Waals surface area contributed by atoms with Crippen LogP contribution in [0.4, 0.5) is 34.9 Å². The normalized spacial score (nSPS) is 19.9. The summed E-state index contributed by atoms with van der Waals surface area (Å²) >= 11 is 7.94. The van der Waals surface area contributed by atoms with Crippen LogP contribution < -0.4 is 25.6 Å². The number of likely N-dealkylation sites (tertiary alicyclic amines) is 2. The predicted molar refractivity (Wildman–Crippen MR) is 359 cm³/mol. The Morgan fingerprint density at radius 1 is 0.872 bits per heavy atom. The number of aliphatic hydroxyl groups excluding tert-OH is 1. The lowest BCUT2D eigenvalue weighted by molar-refractivity contribution is -0.144. The summed E-state index contributed by atoms with van der Waals surface area (Å²) in [5.41, 5.74) is 1.58. The number of amides is 5. The molecule has 6 aromatic rings. The predicted octanol–water partition coefficient (Wildman–Crippen LogP) is 12.9. The molecular formula is C70H85ClF2N10O10S. The van der Waals surface area contributed by atoms with Crippen LogP contribution in [-0.4, -0.2) is 160 Å². The Balaban J connectivity index is 0.786. The monoisotopic (exact) mass is 1330 g/mol. The fourth-order valence-electron chi connectivity index (χ4n) is 13.1.